The Labute approximate surface area is 119 Å². The van der Waals surface area contributed by atoms with Gasteiger partial charge in [-0.25, -0.2) is 4.39 Å². The van der Waals surface area contributed by atoms with Crippen molar-refractivity contribution >= 4 is 5.91 Å². The Kier molecular flexibility index (Phi) is 5.12. The molecule has 1 aromatic carbocycles. The molecule has 1 N–H and O–H groups in total. The second-order valence-corrected chi connectivity index (χ2v) is 5.65. The maximum absolute atomic E-state index is 13.6. The molecule has 1 amide bonds. The molecule has 1 heterocycles. The molecule has 1 aliphatic heterocycles. The average Bonchev–Trinajstić information content (AvgIpc) is 2.49. The lowest BCUT2D eigenvalue weighted by molar-refractivity contribution is -0.136. The second-order valence-electron chi connectivity index (χ2n) is 5.65. The van der Waals surface area contributed by atoms with Crippen molar-refractivity contribution in [2.24, 2.45) is 11.8 Å². The Bertz CT molecular complexity index is 456. The minimum absolute atomic E-state index is 0.0876. The van der Waals surface area contributed by atoms with Crippen molar-refractivity contribution < 1.29 is 14.3 Å². The fourth-order valence-corrected chi connectivity index (χ4v) is 2.73. The summed E-state index contributed by atoms with van der Waals surface area (Å²) in [4.78, 5) is 14.2. The minimum Gasteiger partial charge on any atom is -0.396 e. The number of hydrogen-bond donors (Lipinski definition) is 1. The number of halogens is 1. The molecule has 1 saturated heterocycles. The van der Waals surface area contributed by atoms with Crippen molar-refractivity contribution in [1.82, 2.24) is 4.90 Å². The summed E-state index contributed by atoms with van der Waals surface area (Å²) in [5, 5.41) is 9.11. The van der Waals surface area contributed by atoms with Crippen LogP contribution in [-0.4, -0.2) is 35.6 Å². The van der Waals surface area contributed by atoms with Gasteiger partial charge in [-0.15, -0.1) is 0 Å². The number of piperidine rings is 1. The SMILES string of the molecule is CC(Cc1ccccc1F)C(=O)N1CCC(CO)CC1. The van der Waals surface area contributed by atoms with Crippen LogP contribution < -0.4 is 0 Å². The molecular weight excluding hydrogens is 257 g/mol. The lowest BCUT2D eigenvalue weighted by atomic mass is 9.95. The largest absolute Gasteiger partial charge is 0.396 e. The topological polar surface area (TPSA) is 40.5 Å². The molecule has 1 aliphatic rings. The Morgan fingerprint density at radius 2 is 2.05 bits per heavy atom. The van der Waals surface area contributed by atoms with E-state index < -0.39 is 0 Å². The van der Waals surface area contributed by atoms with Crippen molar-refractivity contribution in [2.75, 3.05) is 19.7 Å². The third kappa shape index (κ3) is 3.57. The first kappa shape index (κ1) is 15.0. The monoisotopic (exact) mass is 279 g/mol. The van der Waals surface area contributed by atoms with E-state index in [1.165, 1.54) is 6.07 Å². The second kappa shape index (κ2) is 6.84. The van der Waals surface area contributed by atoms with Crippen LogP contribution in [0.25, 0.3) is 0 Å². The van der Waals surface area contributed by atoms with Gasteiger partial charge in [0.2, 0.25) is 5.91 Å². The van der Waals surface area contributed by atoms with E-state index in [1.807, 2.05) is 11.8 Å². The maximum Gasteiger partial charge on any atom is 0.225 e. The molecule has 1 aromatic rings. The highest BCUT2D eigenvalue weighted by atomic mass is 19.1. The Morgan fingerprint density at radius 1 is 1.40 bits per heavy atom. The minimum atomic E-state index is -0.244. The van der Waals surface area contributed by atoms with Gasteiger partial charge in [0.1, 0.15) is 5.82 Å². The molecule has 0 bridgehead atoms. The molecular formula is C16H22FNO2. The van der Waals surface area contributed by atoms with Gasteiger partial charge < -0.3 is 10.0 Å². The van der Waals surface area contributed by atoms with Gasteiger partial charge in [0, 0.05) is 25.6 Å². The van der Waals surface area contributed by atoms with Crippen LogP contribution in [-0.2, 0) is 11.2 Å². The molecule has 2 rings (SSSR count). The third-order valence-electron chi connectivity index (χ3n) is 4.09. The summed E-state index contributed by atoms with van der Waals surface area (Å²) in [5.41, 5.74) is 0.596. The van der Waals surface area contributed by atoms with Crippen LogP contribution in [0.15, 0.2) is 24.3 Å². The first-order valence-corrected chi connectivity index (χ1v) is 7.25. The highest BCUT2D eigenvalue weighted by Crippen LogP contribution is 2.20. The standard InChI is InChI=1S/C16H22FNO2/c1-12(10-14-4-2-3-5-15(14)17)16(20)18-8-6-13(11-19)7-9-18/h2-5,12-13,19H,6-11H2,1H3. The van der Waals surface area contributed by atoms with Crippen LogP contribution in [0.5, 0.6) is 0 Å². The summed E-state index contributed by atoms with van der Waals surface area (Å²) < 4.78 is 13.6. The average molecular weight is 279 g/mol. The molecule has 0 spiro atoms. The van der Waals surface area contributed by atoms with E-state index >= 15 is 0 Å². The molecule has 0 radical (unpaired) electrons. The van der Waals surface area contributed by atoms with Crippen LogP contribution in [0, 0.1) is 17.7 Å². The molecule has 20 heavy (non-hydrogen) atoms. The molecule has 0 saturated carbocycles. The first-order valence-electron chi connectivity index (χ1n) is 7.25. The van der Waals surface area contributed by atoms with Crippen LogP contribution >= 0.6 is 0 Å². The maximum atomic E-state index is 13.6. The summed E-state index contributed by atoms with van der Waals surface area (Å²) in [7, 11) is 0. The summed E-state index contributed by atoms with van der Waals surface area (Å²) in [6.45, 7) is 3.46. The number of nitrogens with zero attached hydrogens (tertiary/aromatic N) is 1. The van der Waals surface area contributed by atoms with Crippen molar-refractivity contribution in [1.29, 1.82) is 0 Å². The third-order valence-corrected chi connectivity index (χ3v) is 4.09. The van der Waals surface area contributed by atoms with E-state index in [4.69, 9.17) is 5.11 Å². The van der Waals surface area contributed by atoms with Crippen LogP contribution in [0.2, 0.25) is 0 Å². The van der Waals surface area contributed by atoms with Crippen molar-refractivity contribution in [3.05, 3.63) is 35.6 Å². The van der Waals surface area contributed by atoms with Gasteiger partial charge in [-0.1, -0.05) is 25.1 Å². The van der Waals surface area contributed by atoms with Crippen LogP contribution in [0.1, 0.15) is 25.3 Å². The van der Waals surface area contributed by atoms with Gasteiger partial charge in [0.15, 0.2) is 0 Å². The lowest BCUT2D eigenvalue weighted by Gasteiger charge is -2.33. The molecule has 4 heteroatoms. The number of aliphatic hydroxyl groups excluding tert-OH is 1. The summed E-state index contributed by atoms with van der Waals surface area (Å²) in [6, 6.07) is 6.61. The Balaban J connectivity index is 1.91. The summed E-state index contributed by atoms with van der Waals surface area (Å²) in [5.74, 6) is -0.0470. The van der Waals surface area contributed by atoms with E-state index in [0.29, 0.717) is 31.0 Å². The molecule has 0 aliphatic carbocycles. The Hall–Kier alpha value is -1.42. The number of amides is 1. The summed E-state index contributed by atoms with van der Waals surface area (Å²) in [6.07, 6.45) is 2.15. The van der Waals surface area contributed by atoms with E-state index in [9.17, 15) is 9.18 Å². The van der Waals surface area contributed by atoms with E-state index in [2.05, 4.69) is 0 Å². The van der Waals surface area contributed by atoms with Gasteiger partial charge in [-0.3, -0.25) is 4.79 Å². The quantitative estimate of drug-likeness (QED) is 0.918. The lowest BCUT2D eigenvalue weighted by Crippen LogP contribution is -2.42. The van der Waals surface area contributed by atoms with Gasteiger partial charge in [-0.2, -0.15) is 0 Å². The predicted molar refractivity (Wildman–Crippen MR) is 75.7 cm³/mol. The number of rotatable bonds is 4. The molecule has 1 unspecified atom stereocenters. The van der Waals surface area contributed by atoms with Crippen molar-refractivity contribution in [3.63, 3.8) is 0 Å². The fourth-order valence-electron chi connectivity index (χ4n) is 2.73. The Morgan fingerprint density at radius 3 is 2.65 bits per heavy atom. The van der Waals surface area contributed by atoms with E-state index in [-0.39, 0.29) is 24.2 Å². The number of hydrogen-bond acceptors (Lipinski definition) is 2. The molecule has 0 aromatic heterocycles. The highest BCUT2D eigenvalue weighted by molar-refractivity contribution is 5.78. The number of likely N-dealkylation sites (tertiary alicyclic amines) is 1. The number of aliphatic hydroxyl groups is 1. The fraction of sp³-hybridized carbons (Fsp3) is 0.562. The summed E-state index contributed by atoms with van der Waals surface area (Å²) >= 11 is 0. The zero-order valence-corrected chi connectivity index (χ0v) is 11.9. The first-order chi connectivity index (χ1) is 9.61. The molecule has 1 fully saturated rings. The van der Waals surface area contributed by atoms with Gasteiger partial charge in [0.05, 0.1) is 0 Å². The van der Waals surface area contributed by atoms with Crippen molar-refractivity contribution in [2.45, 2.75) is 26.2 Å². The number of carbonyl (C=O) groups is 1. The van der Waals surface area contributed by atoms with E-state index in [0.717, 1.165) is 12.8 Å². The van der Waals surface area contributed by atoms with E-state index in [1.54, 1.807) is 18.2 Å². The zero-order valence-electron chi connectivity index (χ0n) is 11.9. The number of benzene rings is 1. The molecule has 3 nitrogen and oxygen atoms in total. The van der Waals surface area contributed by atoms with Gasteiger partial charge in [-0.05, 0) is 36.8 Å². The zero-order chi connectivity index (χ0) is 14.5. The molecule has 110 valence electrons. The normalized spacial score (nSPS) is 18.1. The van der Waals surface area contributed by atoms with Crippen molar-refractivity contribution in [3.8, 4) is 0 Å². The van der Waals surface area contributed by atoms with Gasteiger partial charge >= 0.3 is 0 Å². The van der Waals surface area contributed by atoms with Crippen LogP contribution in [0.3, 0.4) is 0 Å². The molecule has 1 atom stereocenters. The number of carbonyl (C=O) groups excluding carboxylic acids is 1. The van der Waals surface area contributed by atoms with Gasteiger partial charge in [0.25, 0.3) is 0 Å². The van der Waals surface area contributed by atoms with Crippen LogP contribution in [0.4, 0.5) is 4.39 Å². The smallest absolute Gasteiger partial charge is 0.225 e. The highest BCUT2D eigenvalue weighted by Gasteiger charge is 2.26. The predicted octanol–water partition coefficient (Wildman–Crippen LogP) is 2.24.